The van der Waals surface area contributed by atoms with E-state index >= 15 is 0 Å². The summed E-state index contributed by atoms with van der Waals surface area (Å²) < 4.78 is 5.01. The number of rotatable bonds is 4. The lowest BCUT2D eigenvalue weighted by Gasteiger charge is -2.27. The average molecular weight is 292 g/mol. The van der Waals surface area contributed by atoms with E-state index in [1.807, 2.05) is 26.0 Å². The number of aromatic nitrogens is 1. The summed E-state index contributed by atoms with van der Waals surface area (Å²) in [4.78, 5) is 4.17. The second-order valence-corrected chi connectivity index (χ2v) is 6.13. The highest BCUT2D eigenvalue weighted by atomic mass is 16.5. The third kappa shape index (κ3) is 6.47. The van der Waals surface area contributed by atoms with Gasteiger partial charge in [0.05, 0.1) is 7.11 Å². The van der Waals surface area contributed by atoms with Gasteiger partial charge in [-0.15, -0.1) is 0 Å². The first kappa shape index (κ1) is 18.0. The van der Waals surface area contributed by atoms with Crippen LogP contribution < -0.4 is 10.1 Å². The number of aryl methyl sites for hydroxylation is 2. The van der Waals surface area contributed by atoms with Gasteiger partial charge < -0.3 is 10.1 Å². The molecule has 0 spiro atoms. The van der Waals surface area contributed by atoms with E-state index in [0.717, 1.165) is 29.0 Å². The molecule has 0 aliphatic heterocycles. The van der Waals surface area contributed by atoms with Crippen LogP contribution in [0.15, 0.2) is 12.1 Å². The molecule has 1 aliphatic rings. The van der Waals surface area contributed by atoms with E-state index in [1.54, 1.807) is 7.11 Å². The molecular formula is C18H32N2O. The zero-order valence-electron chi connectivity index (χ0n) is 14.4. The Morgan fingerprint density at radius 2 is 1.76 bits per heavy atom. The summed E-state index contributed by atoms with van der Waals surface area (Å²) in [6.45, 7) is 7.48. The first-order chi connectivity index (χ1) is 10.1. The van der Waals surface area contributed by atoms with Crippen LogP contribution in [0.1, 0.15) is 50.3 Å². The Balaban J connectivity index is 0.000000211. The molecule has 0 bridgehead atoms. The van der Waals surface area contributed by atoms with Gasteiger partial charge >= 0.3 is 0 Å². The number of nitrogens with one attached hydrogen (secondary N) is 1. The highest BCUT2D eigenvalue weighted by Gasteiger charge is 2.18. The summed E-state index contributed by atoms with van der Waals surface area (Å²) in [5.41, 5.74) is 2.07. The van der Waals surface area contributed by atoms with E-state index in [0.29, 0.717) is 0 Å². The Morgan fingerprint density at radius 3 is 2.24 bits per heavy atom. The molecule has 120 valence electrons. The van der Waals surface area contributed by atoms with Crippen LogP contribution in [0.2, 0.25) is 0 Å². The fourth-order valence-electron chi connectivity index (χ4n) is 2.94. The second kappa shape index (κ2) is 9.78. The zero-order valence-corrected chi connectivity index (χ0v) is 14.4. The topological polar surface area (TPSA) is 34.1 Å². The Kier molecular flexibility index (Phi) is 8.36. The largest absolute Gasteiger partial charge is 0.481 e. The molecule has 3 heteroatoms. The average Bonchev–Trinajstić information content (AvgIpc) is 2.51. The van der Waals surface area contributed by atoms with Crippen molar-refractivity contribution in [2.24, 2.45) is 11.8 Å². The second-order valence-electron chi connectivity index (χ2n) is 6.13. The molecular weight excluding hydrogens is 260 g/mol. The molecule has 1 aromatic heterocycles. The van der Waals surface area contributed by atoms with E-state index < -0.39 is 0 Å². The van der Waals surface area contributed by atoms with Crippen molar-refractivity contribution in [3.05, 3.63) is 23.4 Å². The minimum Gasteiger partial charge on any atom is -0.481 e. The molecule has 1 heterocycles. The van der Waals surface area contributed by atoms with Gasteiger partial charge in [-0.2, -0.15) is 0 Å². The maximum atomic E-state index is 5.01. The molecule has 3 nitrogen and oxygen atoms in total. The highest BCUT2D eigenvalue weighted by Crippen LogP contribution is 2.29. The monoisotopic (exact) mass is 292 g/mol. The van der Waals surface area contributed by atoms with Crippen LogP contribution >= 0.6 is 0 Å². The maximum absolute atomic E-state index is 5.01. The number of hydrogen-bond donors (Lipinski definition) is 1. The molecule has 0 unspecified atom stereocenters. The van der Waals surface area contributed by atoms with Gasteiger partial charge in [-0.25, -0.2) is 4.98 Å². The summed E-state index contributed by atoms with van der Waals surface area (Å²) in [7, 11) is 3.70. The molecule has 1 N–H and O–H groups in total. The summed E-state index contributed by atoms with van der Waals surface area (Å²) >= 11 is 0. The molecule has 0 saturated heterocycles. The predicted molar refractivity (Wildman–Crippen MR) is 89.9 cm³/mol. The standard InChI is InChI=1S/C10H21N.C8H11NO/c1-3-9-4-6-10(7-5-9)8-11-2;1-6-4-5-7(2)9-8(6)10-3/h9-11H,3-8H2,1-2H3;4-5H,1-3H3. The van der Waals surface area contributed by atoms with Crippen molar-refractivity contribution in [3.8, 4) is 5.88 Å². The van der Waals surface area contributed by atoms with Crippen molar-refractivity contribution in [2.45, 2.75) is 52.9 Å². The van der Waals surface area contributed by atoms with Gasteiger partial charge in [0, 0.05) is 11.3 Å². The number of nitrogens with zero attached hydrogens (tertiary/aromatic N) is 1. The van der Waals surface area contributed by atoms with Crippen molar-refractivity contribution >= 4 is 0 Å². The van der Waals surface area contributed by atoms with E-state index in [1.165, 1.54) is 38.6 Å². The van der Waals surface area contributed by atoms with Gasteiger partial charge in [0.25, 0.3) is 0 Å². The lowest BCUT2D eigenvalue weighted by Crippen LogP contribution is -2.23. The number of ether oxygens (including phenoxy) is 1. The first-order valence-electron chi connectivity index (χ1n) is 8.23. The number of methoxy groups -OCH3 is 1. The van der Waals surface area contributed by atoms with Gasteiger partial charge in [0.2, 0.25) is 5.88 Å². The minimum atomic E-state index is 0.722. The fraction of sp³-hybridized carbons (Fsp3) is 0.722. The van der Waals surface area contributed by atoms with Gasteiger partial charge in [-0.1, -0.05) is 32.3 Å². The first-order valence-corrected chi connectivity index (χ1v) is 8.23. The molecule has 0 aromatic carbocycles. The summed E-state index contributed by atoms with van der Waals surface area (Å²) in [6.07, 6.45) is 7.26. The molecule has 0 atom stereocenters. The van der Waals surface area contributed by atoms with Crippen LogP contribution in [0.25, 0.3) is 0 Å². The SMILES string of the molecule is CCC1CCC(CNC)CC1.COc1nc(C)ccc1C. The quantitative estimate of drug-likeness (QED) is 0.906. The molecule has 1 aliphatic carbocycles. The van der Waals surface area contributed by atoms with E-state index in [2.05, 4.69) is 24.3 Å². The lowest BCUT2D eigenvalue weighted by molar-refractivity contribution is 0.266. The van der Waals surface area contributed by atoms with E-state index in [9.17, 15) is 0 Å². The predicted octanol–water partition coefficient (Wildman–Crippen LogP) is 4.13. The van der Waals surface area contributed by atoms with Gasteiger partial charge in [-0.05, 0) is 58.2 Å². The highest BCUT2D eigenvalue weighted by molar-refractivity contribution is 5.25. The van der Waals surface area contributed by atoms with Gasteiger partial charge in [0.1, 0.15) is 0 Å². The molecule has 1 saturated carbocycles. The van der Waals surface area contributed by atoms with Crippen LogP contribution in [0.3, 0.4) is 0 Å². The smallest absolute Gasteiger partial charge is 0.216 e. The Morgan fingerprint density at radius 1 is 1.14 bits per heavy atom. The fourth-order valence-corrected chi connectivity index (χ4v) is 2.94. The van der Waals surface area contributed by atoms with E-state index in [-0.39, 0.29) is 0 Å². The summed E-state index contributed by atoms with van der Waals surface area (Å²) in [6, 6.07) is 3.97. The van der Waals surface area contributed by atoms with Crippen LogP contribution in [-0.2, 0) is 0 Å². The maximum Gasteiger partial charge on any atom is 0.216 e. The third-order valence-corrected chi connectivity index (χ3v) is 4.42. The summed E-state index contributed by atoms with van der Waals surface area (Å²) in [5, 5.41) is 3.27. The molecule has 21 heavy (non-hydrogen) atoms. The normalized spacial score (nSPS) is 21.4. The Labute approximate surface area is 130 Å². The van der Waals surface area contributed by atoms with Gasteiger partial charge in [-0.3, -0.25) is 0 Å². The number of pyridine rings is 1. The Hall–Kier alpha value is -1.09. The molecule has 0 radical (unpaired) electrons. The molecule has 2 rings (SSSR count). The van der Waals surface area contributed by atoms with Crippen molar-refractivity contribution in [2.75, 3.05) is 20.7 Å². The number of hydrogen-bond acceptors (Lipinski definition) is 3. The van der Waals surface area contributed by atoms with Crippen molar-refractivity contribution in [1.82, 2.24) is 10.3 Å². The zero-order chi connectivity index (χ0) is 15.7. The van der Waals surface area contributed by atoms with Crippen molar-refractivity contribution in [3.63, 3.8) is 0 Å². The van der Waals surface area contributed by atoms with Crippen LogP contribution in [-0.4, -0.2) is 25.7 Å². The van der Waals surface area contributed by atoms with Crippen molar-refractivity contribution < 1.29 is 4.74 Å². The molecule has 0 amide bonds. The van der Waals surface area contributed by atoms with Crippen LogP contribution in [0.4, 0.5) is 0 Å². The third-order valence-electron chi connectivity index (χ3n) is 4.42. The van der Waals surface area contributed by atoms with Crippen molar-refractivity contribution in [1.29, 1.82) is 0 Å². The van der Waals surface area contributed by atoms with E-state index in [4.69, 9.17) is 4.74 Å². The van der Waals surface area contributed by atoms with Crippen LogP contribution in [0, 0.1) is 25.7 Å². The Bertz CT molecular complexity index is 398. The van der Waals surface area contributed by atoms with Crippen LogP contribution in [0.5, 0.6) is 5.88 Å². The van der Waals surface area contributed by atoms with Gasteiger partial charge in [0.15, 0.2) is 0 Å². The minimum absolute atomic E-state index is 0.722. The summed E-state index contributed by atoms with van der Waals surface area (Å²) in [5.74, 6) is 2.74. The lowest BCUT2D eigenvalue weighted by atomic mass is 9.81. The molecule has 1 fully saturated rings. The molecule has 1 aromatic rings.